The first-order chi connectivity index (χ1) is 8.26. The Bertz CT molecular complexity index is 312. The van der Waals surface area contributed by atoms with Crippen molar-refractivity contribution in [1.82, 2.24) is 0 Å². The van der Waals surface area contributed by atoms with Crippen LogP contribution in [0.3, 0.4) is 0 Å². The van der Waals surface area contributed by atoms with Gasteiger partial charge in [-0.2, -0.15) is 0 Å². The summed E-state index contributed by atoms with van der Waals surface area (Å²) in [6, 6.07) is 8.80. The van der Waals surface area contributed by atoms with Gasteiger partial charge >= 0.3 is 9.28 Å². The van der Waals surface area contributed by atoms with E-state index in [0.29, 0.717) is 0 Å². The summed E-state index contributed by atoms with van der Waals surface area (Å²) >= 11 is 0. The molecule has 0 unspecified atom stereocenters. The smallest absolute Gasteiger partial charge is 0.389 e. The molecular weight excluding hydrogens is 230 g/mol. The fraction of sp³-hybridized carbons (Fsp3) is 0.538. The van der Waals surface area contributed by atoms with Crippen molar-refractivity contribution in [2.24, 2.45) is 0 Å². The SMILES string of the molecule is CCCO[Si](Cc1cccc(N)c1)OCCC. The van der Waals surface area contributed by atoms with Gasteiger partial charge in [0.15, 0.2) is 0 Å². The van der Waals surface area contributed by atoms with Crippen molar-refractivity contribution in [3.63, 3.8) is 0 Å². The molecule has 0 aliphatic carbocycles. The molecule has 1 radical (unpaired) electrons. The zero-order chi connectivity index (χ0) is 12.5. The first kappa shape index (κ1) is 14.2. The zero-order valence-electron chi connectivity index (χ0n) is 10.7. The van der Waals surface area contributed by atoms with Crippen LogP contribution >= 0.6 is 0 Å². The topological polar surface area (TPSA) is 44.5 Å². The summed E-state index contributed by atoms with van der Waals surface area (Å²) in [5.74, 6) is 0. The second-order valence-electron chi connectivity index (χ2n) is 3.99. The molecule has 0 aromatic heterocycles. The number of benzene rings is 1. The lowest BCUT2D eigenvalue weighted by molar-refractivity contribution is 0.196. The quantitative estimate of drug-likeness (QED) is 0.571. The van der Waals surface area contributed by atoms with Crippen LogP contribution in [0.15, 0.2) is 24.3 Å². The van der Waals surface area contributed by atoms with Gasteiger partial charge in [-0.25, -0.2) is 0 Å². The van der Waals surface area contributed by atoms with Crippen LogP contribution in [0.25, 0.3) is 0 Å². The van der Waals surface area contributed by atoms with E-state index >= 15 is 0 Å². The molecular formula is C13H22NO2Si. The van der Waals surface area contributed by atoms with Gasteiger partial charge in [0.1, 0.15) is 0 Å². The summed E-state index contributed by atoms with van der Waals surface area (Å²) in [6.45, 7) is 5.78. The third kappa shape index (κ3) is 5.86. The molecule has 1 rings (SSSR count). The Labute approximate surface area is 106 Å². The molecule has 0 aliphatic heterocycles. The number of hydrogen-bond acceptors (Lipinski definition) is 3. The van der Waals surface area contributed by atoms with E-state index in [1.807, 2.05) is 18.2 Å². The van der Waals surface area contributed by atoms with Crippen LogP contribution in [-0.2, 0) is 14.9 Å². The maximum absolute atomic E-state index is 5.78. The first-order valence-corrected chi connectivity index (χ1v) is 7.74. The zero-order valence-corrected chi connectivity index (χ0v) is 11.7. The minimum absolute atomic E-state index is 0.778. The second-order valence-corrected chi connectivity index (χ2v) is 5.67. The van der Waals surface area contributed by atoms with Crippen molar-refractivity contribution in [1.29, 1.82) is 0 Å². The van der Waals surface area contributed by atoms with Crippen LogP contribution < -0.4 is 5.73 Å². The first-order valence-electron chi connectivity index (χ1n) is 6.22. The Hall–Kier alpha value is -0.843. The van der Waals surface area contributed by atoms with E-state index in [2.05, 4.69) is 19.9 Å². The summed E-state index contributed by atoms with van der Waals surface area (Å²) in [4.78, 5) is 0. The molecule has 1 aromatic carbocycles. The van der Waals surface area contributed by atoms with E-state index in [4.69, 9.17) is 14.6 Å². The maximum Gasteiger partial charge on any atom is 0.389 e. The van der Waals surface area contributed by atoms with Crippen LogP contribution in [0.1, 0.15) is 32.3 Å². The number of hydrogen-bond donors (Lipinski definition) is 1. The van der Waals surface area contributed by atoms with Gasteiger partial charge in [-0.15, -0.1) is 0 Å². The van der Waals surface area contributed by atoms with Gasteiger partial charge in [0, 0.05) is 24.9 Å². The van der Waals surface area contributed by atoms with E-state index in [1.54, 1.807) is 0 Å². The van der Waals surface area contributed by atoms with Crippen molar-refractivity contribution in [3.05, 3.63) is 29.8 Å². The van der Waals surface area contributed by atoms with Crippen molar-refractivity contribution in [2.75, 3.05) is 18.9 Å². The van der Waals surface area contributed by atoms with Crippen molar-refractivity contribution in [3.8, 4) is 0 Å². The Balaban J connectivity index is 2.51. The van der Waals surface area contributed by atoms with E-state index in [0.717, 1.165) is 37.8 Å². The van der Waals surface area contributed by atoms with Gasteiger partial charge in [-0.3, -0.25) is 0 Å². The summed E-state index contributed by atoms with van der Waals surface area (Å²) in [5, 5.41) is 0. The molecule has 0 fully saturated rings. The third-order valence-electron chi connectivity index (χ3n) is 2.23. The minimum atomic E-state index is -1.19. The third-order valence-corrected chi connectivity index (χ3v) is 3.98. The Morgan fingerprint density at radius 2 is 1.76 bits per heavy atom. The van der Waals surface area contributed by atoms with Gasteiger partial charge in [0.2, 0.25) is 0 Å². The largest absolute Gasteiger partial charge is 0.399 e. The Kier molecular flexibility index (Phi) is 6.92. The average molecular weight is 252 g/mol. The summed E-state index contributed by atoms with van der Waals surface area (Å²) < 4.78 is 11.6. The Morgan fingerprint density at radius 1 is 1.12 bits per heavy atom. The summed E-state index contributed by atoms with van der Waals surface area (Å²) in [6.07, 6.45) is 2.06. The molecule has 2 N–H and O–H groups in total. The standard InChI is InChI=1S/C13H22NO2Si/c1-3-8-15-17(16-9-4-2)11-12-6-5-7-13(14)10-12/h5-7,10H,3-4,8-9,11,14H2,1-2H3. The minimum Gasteiger partial charge on any atom is -0.399 e. The number of nitrogen functional groups attached to an aromatic ring is 1. The van der Waals surface area contributed by atoms with E-state index in [9.17, 15) is 0 Å². The molecule has 0 amide bonds. The van der Waals surface area contributed by atoms with E-state index in [-0.39, 0.29) is 0 Å². The van der Waals surface area contributed by atoms with Gasteiger partial charge in [0.05, 0.1) is 0 Å². The predicted molar refractivity (Wildman–Crippen MR) is 72.8 cm³/mol. The van der Waals surface area contributed by atoms with Crippen LogP contribution in [0, 0.1) is 0 Å². The fourth-order valence-electron chi connectivity index (χ4n) is 1.45. The highest BCUT2D eigenvalue weighted by Crippen LogP contribution is 2.10. The lowest BCUT2D eigenvalue weighted by Crippen LogP contribution is -2.27. The van der Waals surface area contributed by atoms with E-state index in [1.165, 1.54) is 5.56 Å². The highest BCUT2D eigenvalue weighted by Gasteiger charge is 2.16. The van der Waals surface area contributed by atoms with Gasteiger partial charge in [0.25, 0.3) is 0 Å². The summed E-state index contributed by atoms with van der Waals surface area (Å²) in [7, 11) is -1.19. The molecule has 1 aromatic rings. The molecule has 17 heavy (non-hydrogen) atoms. The molecule has 0 saturated carbocycles. The molecule has 0 bridgehead atoms. The molecule has 0 spiro atoms. The van der Waals surface area contributed by atoms with Crippen LogP contribution in [0.2, 0.25) is 0 Å². The van der Waals surface area contributed by atoms with Crippen LogP contribution in [0.4, 0.5) is 5.69 Å². The number of nitrogens with two attached hydrogens (primary N) is 1. The monoisotopic (exact) mass is 252 g/mol. The predicted octanol–water partition coefficient (Wildman–Crippen LogP) is 2.69. The molecule has 4 heteroatoms. The van der Waals surface area contributed by atoms with Gasteiger partial charge < -0.3 is 14.6 Å². The number of anilines is 1. The molecule has 0 heterocycles. The Morgan fingerprint density at radius 3 is 2.29 bits per heavy atom. The highest BCUT2D eigenvalue weighted by molar-refractivity contribution is 6.43. The maximum atomic E-state index is 5.78. The van der Waals surface area contributed by atoms with Crippen LogP contribution in [0.5, 0.6) is 0 Å². The van der Waals surface area contributed by atoms with E-state index < -0.39 is 9.28 Å². The molecule has 95 valence electrons. The average Bonchev–Trinajstić information content (AvgIpc) is 2.32. The van der Waals surface area contributed by atoms with Crippen molar-refractivity contribution in [2.45, 2.75) is 32.7 Å². The highest BCUT2D eigenvalue weighted by atomic mass is 28.3. The lowest BCUT2D eigenvalue weighted by atomic mass is 10.2. The lowest BCUT2D eigenvalue weighted by Gasteiger charge is -2.14. The normalized spacial score (nSPS) is 11.0. The van der Waals surface area contributed by atoms with Gasteiger partial charge in [-0.1, -0.05) is 26.0 Å². The van der Waals surface area contributed by atoms with Crippen molar-refractivity contribution < 1.29 is 8.85 Å². The molecule has 0 atom stereocenters. The molecule has 3 nitrogen and oxygen atoms in total. The fourth-order valence-corrected chi connectivity index (χ4v) is 3.15. The second kappa shape index (κ2) is 8.28. The molecule has 0 aliphatic rings. The van der Waals surface area contributed by atoms with Crippen LogP contribution in [-0.4, -0.2) is 22.5 Å². The van der Waals surface area contributed by atoms with Crippen molar-refractivity contribution >= 4 is 15.0 Å². The summed E-state index contributed by atoms with van der Waals surface area (Å²) in [5.41, 5.74) is 7.77. The number of rotatable bonds is 8. The van der Waals surface area contributed by atoms with Gasteiger partial charge in [-0.05, 0) is 30.5 Å². The molecule has 0 saturated heterocycles.